The van der Waals surface area contributed by atoms with Gasteiger partial charge in [0.25, 0.3) is 0 Å². The van der Waals surface area contributed by atoms with Crippen LogP contribution in [0.5, 0.6) is 0 Å². The number of benzene rings is 1. The van der Waals surface area contributed by atoms with E-state index in [9.17, 15) is 14.7 Å². The molecule has 2 rings (SSSR count). The summed E-state index contributed by atoms with van der Waals surface area (Å²) in [5, 5.41) is 12.4. The van der Waals surface area contributed by atoms with E-state index in [1.165, 1.54) is 6.42 Å². The molecular formula is C18H24ClNO4. The fourth-order valence-corrected chi connectivity index (χ4v) is 3.34. The Bertz CT molecular complexity index is 572. The Balaban J connectivity index is 1.88. The molecule has 6 heteroatoms. The first-order valence-electron chi connectivity index (χ1n) is 8.41. The van der Waals surface area contributed by atoms with Gasteiger partial charge in [0.05, 0.1) is 0 Å². The van der Waals surface area contributed by atoms with Crippen LogP contribution in [-0.2, 0) is 9.53 Å². The molecule has 2 N–H and O–H groups in total. The van der Waals surface area contributed by atoms with E-state index in [0.29, 0.717) is 17.4 Å². The van der Waals surface area contributed by atoms with Gasteiger partial charge in [-0.2, -0.15) is 0 Å². The topological polar surface area (TPSA) is 75.6 Å². The van der Waals surface area contributed by atoms with Crippen LogP contribution in [0.1, 0.15) is 57.1 Å². The molecule has 1 aliphatic rings. The third kappa shape index (κ3) is 5.71. The highest BCUT2D eigenvalue weighted by molar-refractivity contribution is 6.30. The summed E-state index contributed by atoms with van der Waals surface area (Å²) in [4.78, 5) is 23.5. The second kappa shape index (κ2) is 8.92. The Labute approximate surface area is 147 Å². The van der Waals surface area contributed by atoms with Gasteiger partial charge in [0.15, 0.2) is 0 Å². The molecule has 0 spiro atoms. The SMILES string of the molecule is CC(OC(=O)NC(CC1CCCCC1)C(=O)O)c1cccc(Cl)c1. The second-order valence-corrected chi connectivity index (χ2v) is 6.81. The van der Waals surface area contributed by atoms with E-state index >= 15 is 0 Å². The Morgan fingerprint density at radius 2 is 2.04 bits per heavy atom. The number of carboxylic acid groups (broad SMARTS) is 1. The maximum atomic E-state index is 12.0. The number of carboxylic acids is 1. The monoisotopic (exact) mass is 353 g/mol. The molecular weight excluding hydrogens is 330 g/mol. The fraction of sp³-hybridized carbons (Fsp3) is 0.556. The number of ether oxygens (including phenoxy) is 1. The molecule has 5 nitrogen and oxygen atoms in total. The second-order valence-electron chi connectivity index (χ2n) is 6.38. The molecule has 0 heterocycles. The highest BCUT2D eigenvalue weighted by Gasteiger charge is 2.26. The van der Waals surface area contributed by atoms with Gasteiger partial charge in [-0.05, 0) is 37.0 Å². The predicted molar refractivity (Wildman–Crippen MR) is 92.1 cm³/mol. The molecule has 1 aromatic carbocycles. The average molecular weight is 354 g/mol. The normalized spacial score (nSPS) is 17.8. The number of hydrogen-bond donors (Lipinski definition) is 2. The van der Waals surface area contributed by atoms with Crippen LogP contribution in [0.3, 0.4) is 0 Å². The minimum Gasteiger partial charge on any atom is -0.480 e. The third-order valence-electron chi connectivity index (χ3n) is 4.49. The van der Waals surface area contributed by atoms with E-state index in [1.54, 1.807) is 31.2 Å². The summed E-state index contributed by atoms with van der Waals surface area (Å²) < 4.78 is 5.29. The zero-order valence-electron chi connectivity index (χ0n) is 13.8. The summed E-state index contributed by atoms with van der Waals surface area (Å²) in [6.45, 7) is 1.72. The molecule has 0 radical (unpaired) electrons. The summed E-state index contributed by atoms with van der Waals surface area (Å²) in [5.41, 5.74) is 0.761. The van der Waals surface area contributed by atoms with E-state index in [2.05, 4.69) is 5.32 Å². The Morgan fingerprint density at radius 1 is 1.33 bits per heavy atom. The maximum absolute atomic E-state index is 12.0. The summed E-state index contributed by atoms with van der Waals surface area (Å²) in [6, 6.07) is 6.13. The lowest BCUT2D eigenvalue weighted by Gasteiger charge is -2.25. The number of aliphatic carboxylic acids is 1. The number of hydrogen-bond acceptors (Lipinski definition) is 3. The van der Waals surface area contributed by atoms with Crippen molar-refractivity contribution < 1.29 is 19.4 Å². The van der Waals surface area contributed by atoms with Gasteiger partial charge in [0.2, 0.25) is 0 Å². The number of alkyl carbamates (subject to hydrolysis) is 1. The van der Waals surface area contributed by atoms with Crippen molar-refractivity contribution >= 4 is 23.7 Å². The van der Waals surface area contributed by atoms with Crippen molar-refractivity contribution in [2.24, 2.45) is 5.92 Å². The molecule has 0 saturated heterocycles. The molecule has 1 aliphatic carbocycles. The third-order valence-corrected chi connectivity index (χ3v) is 4.72. The van der Waals surface area contributed by atoms with Crippen LogP contribution in [0.2, 0.25) is 5.02 Å². The van der Waals surface area contributed by atoms with Crippen LogP contribution in [0.15, 0.2) is 24.3 Å². The van der Waals surface area contributed by atoms with Crippen molar-refractivity contribution in [3.8, 4) is 0 Å². The molecule has 132 valence electrons. The molecule has 1 saturated carbocycles. The molecule has 24 heavy (non-hydrogen) atoms. The predicted octanol–water partition coefficient (Wildman–Crippen LogP) is 4.55. The zero-order chi connectivity index (χ0) is 17.5. The summed E-state index contributed by atoms with van der Waals surface area (Å²) >= 11 is 5.93. The van der Waals surface area contributed by atoms with Gasteiger partial charge in [-0.1, -0.05) is 55.8 Å². The summed E-state index contributed by atoms with van der Waals surface area (Å²) in [5.74, 6) is -0.668. The molecule has 1 aromatic rings. The summed E-state index contributed by atoms with van der Waals surface area (Å²) in [6.07, 6.45) is 4.76. The van der Waals surface area contributed by atoms with Crippen molar-refractivity contribution in [2.45, 2.75) is 57.6 Å². The Morgan fingerprint density at radius 3 is 2.67 bits per heavy atom. The number of rotatable bonds is 6. The van der Waals surface area contributed by atoms with Crippen molar-refractivity contribution in [2.75, 3.05) is 0 Å². The largest absolute Gasteiger partial charge is 0.480 e. The van der Waals surface area contributed by atoms with Crippen LogP contribution < -0.4 is 5.32 Å². The average Bonchev–Trinajstić information content (AvgIpc) is 2.55. The zero-order valence-corrected chi connectivity index (χ0v) is 14.6. The highest BCUT2D eigenvalue weighted by Crippen LogP contribution is 2.27. The molecule has 0 aromatic heterocycles. The molecule has 1 amide bonds. The van der Waals surface area contributed by atoms with E-state index < -0.39 is 24.2 Å². The molecule has 2 unspecified atom stereocenters. The lowest BCUT2D eigenvalue weighted by atomic mass is 9.85. The van der Waals surface area contributed by atoms with Gasteiger partial charge in [-0.15, -0.1) is 0 Å². The highest BCUT2D eigenvalue weighted by atomic mass is 35.5. The van der Waals surface area contributed by atoms with Gasteiger partial charge < -0.3 is 15.2 Å². The lowest BCUT2D eigenvalue weighted by Crippen LogP contribution is -2.42. The Kier molecular flexibility index (Phi) is 6.91. The first-order valence-corrected chi connectivity index (χ1v) is 8.79. The standard InChI is InChI=1S/C18H24ClNO4/c1-12(14-8-5-9-15(19)11-14)24-18(23)20-16(17(21)22)10-13-6-3-2-4-7-13/h5,8-9,11-13,16H,2-4,6-7,10H2,1H3,(H,20,23)(H,21,22). The van der Waals surface area contributed by atoms with E-state index in [1.807, 2.05) is 0 Å². The van der Waals surface area contributed by atoms with E-state index in [-0.39, 0.29) is 0 Å². The van der Waals surface area contributed by atoms with Crippen molar-refractivity contribution in [3.05, 3.63) is 34.9 Å². The van der Waals surface area contributed by atoms with Crippen molar-refractivity contribution in [1.82, 2.24) is 5.32 Å². The fourth-order valence-electron chi connectivity index (χ4n) is 3.14. The van der Waals surface area contributed by atoms with Gasteiger partial charge in [0.1, 0.15) is 12.1 Å². The molecule has 1 fully saturated rings. The van der Waals surface area contributed by atoms with Gasteiger partial charge in [-0.25, -0.2) is 9.59 Å². The molecule has 2 atom stereocenters. The number of halogens is 1. The molecule has 0 bridgehead atoms. The van der Waals surface area contributed by atoms with E-state index in [0.717, 1.165) is 31.2 Å². The maximum Gasteiger partial charge on any atom is 0.408 e. The number of nitrogens with one attached hydrogen (secondary N) is 1. The van der Waals surface area contributed by atoms with Crippen LogP contribution in [-0.4, -0.2) is 23.2 Å². The smallest absolute Gasteiger partial charge is 0.408 e. The number of amides is 1. The van der Waals surface area contributed by atoms with Crippen LogP contribution in [0.25, 0.3) is 0 Å². The van der Waals surface area contributed by atoms with E-state index in [4.69, 9.17) is 16.3 Å². The van der Waals surface area contributed by atoms with Gasteiger partial charge >= 0.3 is 12.1 Å². The Hall–Kier alpha value is -1.75. The first kappa shape index (κ1) is 18.6. The van der Waals surface area contributed by atoms with Crippen molar-refractivity contribution in [3.63, 3.8) is 0 Å². The van der Waals surface area contributed by atoms with Crippen LogP contribution >= 0.6 is 11.6 Å². The van der Waals surface area contributed by atoms with Crippen LogP contribution in [0, 0.1) is 5.92 Å². The van der Waals surface area contributed by atoms with Crippen LogP contribution in [0.4, 0.5) is 4.79 Å². The summed E-state index contributed by atoms with van der Waals surface area (Å²) in [7, 11) is 0. The van der Waals surface area contributed by atoms with Gasteiger partial charge in [0, 0.05) is 5.02 Å². The lowest BCUT2D eigenvalue weighted by molar-refractivity contribution is -0.140. The number of carbonyl (C=O) groups excluding carboxylic acids is 1. The van der Waals surface area contributed by atoms with Gasteiger partial charge in [-0.3, -0.25) is 0 Å². The minimum absolute atomic E-state index is 0.352. The minimum atomic E-state index is -1.02. The molecule has 0 aliphatic heterocycles. The van der Waals surface area contributed by atoms with Crippen molar-refractivity contribution in [1.29, 1.82) is 0 Å². The quantitative estimate of drug-likeness (QED) is 0.786. The first-order chi connectivity index (χ1) is 11.5. The number of carbonyl (C=O) groups is 2.